The van der Waals surface area contributed by atoms with Crippen LogP contribution in [0.3, 0.4) is 0 Å². The molecule has 0 spiro atoms. The summed E-state index contributed by atoms with van der Waals surface area (Å²) in [6, 6.07) is 6.15. The molecular formula is C13H15BrClIN4. The second-order valence-electron chi connectivity index (χ2n) is 4.57. The van der Waals surface area contributed by atoms with Crippen molar-refractivity contribution in [3.05, 3.63) is 48.2 Å². The van der Waals surface area contributed by atoms with Gasteiger partial charge in [-0.2, -0.15) is 5.10 Å². The second-order valence-corrected chi connectivity index (χ2v) is 7.03. The minimum absolute atomic E-state index is 0.0282. The standard InChI is InChI=1S/C13H15BrClIN4/c1-7-9(13(15)20(2)19-7)6-12(18-17)10-5-8(16)3-4-11(10)14/h3-5,12,18H,6,17H2,1-2H3. The van der Waals surface area contributed by atoms with Crippen LogP contribution in [-0.2, 0) is 13.5 Å². The van der Waals surface area contributed by atoms with Crippen molar-refractivity contribution in [2.45, 2.75) is 19.4 Å². The van der Waals surface area contributed by atoms with Gasteiger partial charge in [0.1, 0.15) is 5.15 Å². The Morgan fingerprint density at radius 1 is 1.55 bits per heavy atom. The number of aryl methyl sites for hydroxylation is 2. The molecule has 0 saturated carbocycles. The van der Waals surface area contributed by atoms with E-state index in [1.165, 1.54) is 0 Å². The number of hydrogen-bond donors (Lipinski definition) is 2. The molecule has 20 heavy (non-hydrogen) atoms. The van der Waals surface area contributed by atoms with E-state index in [0.29, 0.717) is 11.6 Å². The van der Waals surface area contributed by atoms with Crippen LogP contribution >= 0.6 is 50.1 Å². The molecule has 1 unspecified atom stereocenters. The van der Waals surface area contributed by atoms with Crippen molar-refractivity contribution in [1.29, 1.82) is 0 Å². The molecule has 0 aliphatic carbocycles. The zero-order valence-corrected chi connectivity index (χ0v) is 15.6. The van der Waals surface area contributed by atoms with Gasteiger partial charge in [0.15, 0.2) is 0 Å². The maximum atomic E-state index is 6.29. The maximum absolute atomic E-state index is 6.29. The smallest absolute Gasteiger partial charge is 0.130 e. The molecule has 0 amide bonds. The normalized spacial score (nSPS) is 12.7. The van der Waals surface area contributed by atoms with Crippen molar-refractivity contribution < 1.29 is 0 Å². The number of nitrogens with two attached hydrogens (primary N) is 1. The van der Waals surface area contributed by atoms with Crippen LogP contribution in [-0.4, -0.2) is 9.78 Å². The second kappa shape index (κ2) is 6.74. The van der Waals surface area contributed by atoms with Crippen LogP contribution in [0.25, 0.3) is 0 Å². The minimum atomic E-state index is -0.0282. The number of rotatable bonds is 4. The Bertz CT molecular complexity index is 629. The van der Waals surface area contributed by atoms with E-state index in [-0.39, 0.29) is 6.04 Å². The molecule has 108 valence electrons. The zero-order valence-electron chi connectivity index (χ0n) is 11.1. The highest BCUT2D eigenvalue weighted by Gasteiger charge is 2.19. The van der Waals surface area contributed by atoms with Crippen molar-refractivity contribution in [2.75, 3.05) is 0 Å². The summed E-state index contributed by atoms with van der Waals surface area (Å²) in [7, 11) is 1.84. The fourth-order valence-corrected chi connectivity index (χ4v) is 3.44. The first-order chi connectivity index (χ1) is 9.43. The average Bonchev–Trinajstić information content (AvgIpc) is 2.65. The first-order valence-corrected chi connectivity index (χ1v) is 8.28. The van der Waals surface area contributed by atoms with E-state index in [2.05, 4.69) is 55.1 Å². The van der Waals surface area contributed by atoms with E-state index in [9.17, 15) is 0 Å². The topological polar surface area (TPSA) is 55.9 Å². The highest BCUT2D eigenvalue weighted by atomic mass is 127. The zero-order chi connectivity index (χ0) is 14.9. The lowest BCUT2D eigenvalue weighted by Crippen LogP contribution is -2.30. The number of hydrazine groups is 1. The van der Waals surface area contributed by atoms with Gasteiger partial charge < -0.3 is 0 Å². The molecule has 0 bridgehead atoms. The third kappa shape index (κ3) is 3.36. The van der Waals surface area contributed by atoms with Crippen LogP contribution in [0.5, 0.6) is 0 Å². The van der Waals surface area contributed by atoms with Gasteiger partial charge in [0, 0.05) is 20.7 Å². The SMILES string of the molecule is Cc1nn(C)c(Cl)c1CC(NN)c1cc(I)ccc1Br. The largest absolute Gasteiger partial charge is 0.271 e. The average molecular weight is 470 g/mol. The number of hydrogen-bond acceptors (Lipinski definition) is 3. The summed E-state index contributed by atoms with van der Waals surface area (Å²) in [5, 5.41) is 4.99. The van der Waals surface area contributed by atoms with Gasteiger partial charge in [-0.05, 0) is 59.7 Å². The lowest BCUT2D eigenvalue weighted by Gasteiger charge is -2.18. The fourth-order valence-electron chi connectivity index (χ4n) is 2.15. The van der Waals surface area contributed by atoms with Crippen LogP contribution < -0.4 is 11.3 Å². The Morgan fingerprint density at radius 3 is 2.80 bits per heavy atom. The number of aromatic nitrogens is 2. The first-order valence-electron chi connectivity index (χ1n) is 6.03. The summed E-state index contributed by atoms with van der Waals surface area (Å²) < 4.78 is 3.87. The van der Waals surface area contributed by atoms with Gasteiger partial charge in [0.25, 0.3) is 0 Å². The fraction of sp³-hybridized carbons (Fsp3) is 0.308. The lowest BCUT2D eigenvalue weighted by atomic mass is 10.00. The Kier molecular flexibility index (Phi) is 5.47. The van der Waals surface area contributed by atoms with Gasteiger partial charge >= 0.3 is 0 Å². The molecule has 0 radical (unpaired) electrons. The first kappa shape index (κ1) is 16.2. The molecule has 3 N–H and O–H groups in total. The van der Waals surface area contributed by atoms with Gasteiger partial charge in [-0.3, -0.25) is 16.0 Å². The summed E-state index contributed by atoms with van der Waals surface area (Å²) in [5.74, 6) is 5.73. The molecule has 4 nitrogen and oxygen atoms in total. The van der Waals surface area contributed by atoms with Gasteiger partial charge in [0.05, 0.1) is 11.7 Å². The highest BCUT2D eigenvalue weighted by Crippen LogP contribution is 2.30. The predicted molar refractivity (Wildman–Crippen MR) is 93.6 cm³/mol. The number of halogens is 3. The van der Waals surface area contributed by atoms with Crippen molar-refractivity contribution >= 4 is 50.1 Å². The Morgan fingerprint density at radius 2 is 2.25 bits per heavy atom. The molecule has 1 atom stereocenters. The molecule has 1 aromatic heterocycles. The monoisotopic (exact) mass is 468 g/mol. The van der Waals surface area contributed by atoms with Crippen LogP contribution in [0.4, 0.5) is 0 Å². The quantitative estimate of drug-likeness (QED) is 0.410. The summed E-state index contributed by atoms with van der Waals surface area (Å²) >= 11 is 12.2. The van der Waals surface area contributed by atoms with E-state index in [0.717, 1.165) is 24.9 Å². The third-order valence-electron chi connectivity index (χ3n) is 3.21. The number of benzene rings is 1. The molecule has 2 rings (SSSR count). The van der Waals surface area contributed by atoms with E-state index >= 15 is 0 Å². The minimum Gasteiger partial charge on any atom is -0.271 e. The highest BCUT2D eigenvalue weighted by molar-refractivity contribution is 14.1. The molecule has 0 fully saturated rings. The summed E-state index contributed by atoms with van der Waals surface area (Å²) in [6.45, 7) is 1.96. The van der Waals surface area contributed by atoms with Crippen LogP contribution in [0.2, 0.25) is 5.15 Å². The molecule has 0 saturated heterocycles. The van der Waals surface area contributed by atoms with E-state index < -0.39 is 0 Å². The number of nitrogens with zero attached hydrogens (tertiary/aromatic N) is 2. The molecular weight excluding hydrogens is 454 g/mol. The summed E-state index contributed by atoms with van der Waals surface area (Å²) in [6.07, 6.45) is 0.688. The van der Waals surface area contributed by atoms with E-state index in [4.69, 9.17) is 17.4 Å². The van der Waals surface area contributed by atoms with E-state index in [1.807, 2.05) is 26.1 Å². The summed E-state index contributed by atoms with van der Waals surface area (Å²) in [5.41, 5.74) is 5.93. The van der Waals surface area contributed by atoms with Crippen LogP contribution in [0, 0.1) is 10.5 Å². The van der Waals surface area contributed by atoms with Crippen molar-refractivity contribution in [3.8, 4) is 0 Å². The molecule has 2 aromatic rings. The molecule has 1 aromatic carbocycles. The van der Waals surface area contributed by atoms with Gasteiger partial charge in [-0.25, -0.2) is 0 Å². The van der Waals surface area contributed by atoms with Crippen molar-refractivity contribution in [2.24, 2.45) is 12.9 Å². The van der Waals surface area contributed by atoms with Gasteiger partial charge in [0.2, 0.25) is 0 Å². The lowest BCUT2D eigenvalue weighted by molar-refractivity contribution is 0.548. The Labute approximate surface area is 145 Å². The Hall–Kier alpha value is -0.150. The van der Waals surface area contributed by atoms with E-state index in [1.54, 1.807) is 4.68 Å². The predicted octanol–water partition coefficient (Wildman–Crippen LogP) is 3.50. The van der Waals surface area contributed by atoms with Crippen molar-refractivity contribution in [1.82, 2.24) is 15.2 Å². The third-order valence-corrected chi connectivity index (χ3v) is 5.08. The van der Waals surface area contributed by atoms with Crippen molar-refractivity contribution in [3.63, 3.8) is 0 Å². The number of nitrogens with one attached hydrogen (secondary N) is 1. The van der Waals surface area contributed by atoms with Crippen LogP contribution in [0.1, 0.15) is 22.9 Å². The maximum Gasteiger partial charge on any atom is 0.130 e. The molecule has 1 heterocycles. The van der Waals surface area contributed by atoms with Gasteiger partial charge in [-0.1, -0.05) is 27.5 Å². The summed E-state index contributed by atoms with van der Waals surface area (Å²) in [4.78, 5) is 0. The molecule has 0 aliphatic heterocycles. The molecule has 7 heteroatoms. The van der Waals surface area contributed by atoms with Crippen LogP contribution in [0.15, 0.2) is 22.7 Å². The molecule has 0 aliphatic rings. The Balaban J connectivity index is 2.36. The van der Waals surface area contributed by atoms with Gasteiger partial charge in [-0.15, -0.1) is 0 Å².